The van der Waals surface area contributed by atoms with Crippen LogP contribution in [0.4, 0.5) is 0 Å². The molecule has 4 aromatic carbocycles. The summed E-state index contributed by atoms with van der Waals surface area (Å²) >= 11 is 0. The summed E-state index contributed by atoms with van der Waals surface area (Å²) in [5, 5.41) is 50.0. The van der Waals surface area contributed by atoms with Crippen LogP contribution in [-0.2, 0) is 45.4 Å². The SMILES string of the molecule is N#C/C1=C/c2cccc(c2)/C=C(\C#N)C(=O)NCc2cccc(c2)CNC(=O)/C(C#N)=C/c2cccc(c2)/C=C(\C#N)C(=O)NCc2cccc(c2)CNC1=O. The lowest BCUT2D eigenvalue weighted by Gasteiger charge is -2.09. The molecule has 272 valence electrons. The van der Waals surface area contributed by atoms with E-state index >= 15 is 0 Å². The topological polar surface area (TPSA) is 212 Å². The Labute approximate surface area is 323 Å². The van der Waals surface area contributed by atoms with Gasteiger partial charge in [-0.3, -0.25) is 19.2 Å². The van der Waals surface area contributed by atoms with Gasteiger partial charge in [-0.1, -0.05) is 84.9 Å². The van der Waals surface area contributed by atoms with E-state index in [1.165, 1.54) is 24.3 Å². The maximum Gasteiger partial charge on any atom is 0.262 e. The lowest BCUT2D eigenvalue weighted by molar-refractivity contribution is -0.118. The molecule has 5 rings (SSSR count). The average Bonchev–Trinajstić information content (AvgIpc) is 3.22. The van der Waals surface area contributed by atoms with E-state index in [9.17, 15) is 40.2 Å². The summed E-state index contributed by atoms with van der Waals surface area (Å²) in [6.07, 6.45) is 5.60. The molecule has 1 aliphatic heterocycles. The summed E-state index contributed by atoms with van der Waals surface area (Å²) in [5.41, 5.74) is 4.10. The molecular formula is C44H32N8O4. The summed E-state index contributed by atoms with van der Waals surface area (Å²) in [6, 6.07) is 35.1. The predicted molar refractivity (Wildman–Crippen MR) is 208 cm³/mol. The molecule has 1 aliphatic rings. The highest BCUT2D eigenvalue weighted by Gasteiger charge is 2.14. The third-order valence-electron chi connectivity index (χ3n) is 8.32. The maximum atomic E-state index is 13.0. The van der Waals surface area contributed by atoms with Crippen molar-refractivity contribution in [2.24, 2.45) is 0 Å². The fourth-order valence-corrected chi connectivity index (χ4v) is 5.55. The van der Waals surface area contributed by atoms with Gasteiger partial charge in [-0.15, -0.1) is 0 Å². The van der Waals surface area contributed by atoms with Gasteiger partial charge >= 0.3 is 0 Å². The molecule has 0 radical (unpaired) electrons. The highest BCUT2D eigenvalue weighted by atomic mass is 16.2. The number of nitriles is 4. The summed E-state index contributed by atoms with van der Waals surface area (Å²) in [5.74, 6) is -2.47. The van der Waals surface area contributed by atoms with Crippen LogP contribution in [0.2, 0.25) is 0 Å². The minimum atomic E-state index is -0.617. The van der Waals surface area contributed by atoms with Crippen LogP contribution >= 0.6 is 0 Å². The molecule has 0 saturated carbocycles. The first kappa shape index (κ1) is 38.9. The predicted octanol–water partition coefficient (Wildman–Crippen LogP) is 4.89. The van der Waals surface area contributed by atoms with Crippen LogP contribution in [-0.4, -0.2) is 23.6 Å². The van der Waals surface area contributed by atoms with Gasteiger partial charge in [-0.05, 0) is 80.9 Å². The molecule has 1 heterocycles. The lowest BCUT2D eigenvalue weighted by atomic mass is 10.0. The fourth-order valence-electron chi connectivity index (χ4n) is 5.55. The molecule has 4 N–H and O–H groups in total. The molecule has 4 amide bonds. The summed E-state index contributed by atoms with van der Waals surface area (Å²) < 4.78 is 0. The molecule has 8 bridgehead atoms. The largest absolute Gasteiger partial charge is 0.347 e. The number of nitrogens with one attached hydrogen (secondary N) is 4. The van der Waals surface area contributed by atoms with Crippen molar-refractivity contribution in [1.29, 1.82) is 21.0 Å². The van der Waals surface area contributed by atoms with E-state index in [1.807, 2.05) is 24.3 Å². The van der Waals surface area contributed by atoms with Gasteiger partial charge in [0.2, 0.25) is 0 Å². The van der Waals surface area contributed by atoms with Crippen molar-refractivity contribution < 1.29 is 19.2 Å². The Morgan fingerprint density at radius 3 is 0.821 bits per heavy atom. The van der Waals surface area contributed by atoms with E-state index in [0.717, 1.165) is 0 Å². The zero-order valence-electron chi connectivity index (χ0n) is 29.8. The van der Waals surface area contributed by atoms with Crippen molar-refractivity contribution in [2.45, 2.75) is 26.2 Å². The van der Waals surface area contributed by atoms with Crippen molar-refractivity contribution in [3.63, 3.8) is 0 Å². The van der Waals surface area contributed by atoms with E-state index in [4.69, 9.17) is 0 Å². The van der Waals surface area contributed by atoms with E-state index < -0.39 is 23.6 Å². The second-order valence-corrected chi connectivity index (χ2v) is 12.4. The van der Waals surface area contributed by atoms with Crippen LogP contribution in [0.1, 0.15) is 44.5 Å². The Bertz CT molecular complexity index is 2190. The van der Waals surface area contributed by atoms with Gasteiger partial charge in [-0.25, -0.2) is 0 Å². The Balaban J connectivity index is 1.45. The van der Waals surface area contributed by atoms with E-state index in [0.29, 0.717) is 44.5 Å². The molecular weight excluding hydrogens is 705 g/mol. The minimum Gasteiger partial charge on any atom is -0.347 e. The molecule has 0 unspecified atom stereocenters. The molecule has 0 spiro atoms. The first-order valence-corrected chi connectivity index (χ1v) is 17.1. The summed E-state index contributed by atoms with van der Waals surface area (Å²) in [7, 11) is 0. The number of amides is 4. The number of carbonyl (C=O) groups excluding carboxylic acids is 4. The van der Waals surface area contributed by atoms with Crippen molar-refractivity contribution >= 4 is 47.9 Å². The van der Waals surface area contributed by atoms with E-state index in [2.05, 4.69) is 21.3 Å². The Kier molecular flexibility index (Phi) is 13.2. The quantitative estimate of drug-likeness (QED) is 0.195. The Morgan fingerprint density at radius 1 is 0.357 bits per heavy atom. The molecule has 0 fully saturated rings. The third-order valence-corrected chi connectivity index (χ3v) is 8.32. The lowest BCUT2D eigenvalue weighted by Crippen LogP contribution is -2.25. The highest BCUT2D eigenvalue weighted by Crippen LogP contribution is 2.16. The summed E-state index contributed by atoms with van der Waals surface area (Å²) in [4.78, 5) is 52.0. The number of rotatable bonds is 0. The number of nitrogens with zero attached hydrogens (tertiary/aromatic N) is 4. The number of hydrogen-bond acceptors (Lipinski definition) is 8. The van der Waals surface area contributed by atoms with Crippen LogP contribution < -0.4 is 21.3 Å². The van der Waals surface area contributed by atoms with Crippen LogP contribution in [0.3, 0.4) is 0 Å². The average molecular weight is 737 g/mol. The molecule has 0 aliphatic carbocycles. The van der Waals surface area contributed by atoms with E-state index in [-0.39, 0.29) is 48.5 Å². The Morgan fingerprint density at radius 2 is 0.589 bits per heavy atom. The fraction of sp³-hybridized carbons (Fsp3) is 0.0909. The number of hydrogen-bond donors (Lipinski definition) is 4. The van der Waals surface area contributed by atoms with Crippen LogP contribution in [0, 0.1) is 45.3 Å². The third kappa shape index (κ3) is 10.8. The normalized spacial score (nSPS) is 18.2. The van der Waals surface area contributed by atoms with Crippen LogP contribution in [0.25, 0.3) is 24.3 Å². The molecule has 4 aromatic rings. The molecule has 0 saturated heterocycles. The van der Waals surface area contributed by atoms with Crippen molar-refractivity contribution in [1.82, 2.24) is 21.3 Å². The molecule has 0 atom stereocenters. The second kappa shape index (κ2) is 19.0. The molecule has 56 heavy (non-hydrogen) atoms. The van der Waals surface area contributed by atoms with Gasteiger partial charge in [0, 0.05) is 26.2 Å². The molecule has 12 nitrogen and oxygen atoms in total. The van der Waals surface area contributed by atoms with Crippen LogP contribution in [0.15, 0.2) is 119 Å². The van der Waals surface area contributed by atoms with E-state index in [1.54, 1.807) is 97.1 Å². The van der Waals surface area contributed by atoms with Crippen LogP contribution in [0.5, 0.6) is 0 Å². The summed E-state index contributed by atoms with van der Waals surface area (Å²) in [6.45, 7) is 0.320. The molecule has 12 heteroatoms. The number of benzene rings is 4. The highest BCUT2D eigenvalue weighted by molar-refractivity contribution is 6.04. The van der Waals surface area contributed by atoms with Gasteiger partial charge in [0.25, 0.3) is 23.6 Å². The van der Waals surface area contributed by atoms with Gasteiger partial charge < -0.3 is 21.3 Å². The minimum absolute atomic E-state index is 0.0800. The van der Waals surface area contributed by atoms with Gasteiger partial charge in [0.1, 0.15) is 46.6 Å². The first-order valence-electron chi connectivity index (χ1n) is 17.1. The monoisotopic (exact) mass is 736 g/mol. The second-order valence-electron chi connectivity index (χ2n) is 12.4. The molecule has 0 aromatic heterocycles. The van der Waals surface area contributed by atoms with Crippen molar-refractivity contribution in [3.05, 3.63) is 164 Å². The van der Waals surface area contributed by atoms with Crippen molar-refractivity contribution in [3.8, 4) is 24.3 Å². The number of carbonyl (C=O) groups is 4. The van der Waals surface area contributed by atoms with Gasteiger partial charge in [-0.2, -0.15) is 21.0 Å². The van der Waals surface area contributed by atoms with Gasteiger partial charge in [0.15, 0.2) is 0 Å². The van der Waals surface area contributed by atoms with Gasteiger partial charge in [0.05, 0.1) is 0 Å². The zero-order chi connectivity index (χ0) is 39.9. The van der Waals surface area contributed by atoms with Crippen molar-refractivity contribution in [2.75, 3.05) is 0 Å². The maximum absolute atomic E-state index is 13.0. The number of fused-ring (bicyclic) bond motifs is 8. The smallest absolute Gasteiger partial charge is 0.262 e. The Hall–Kier alpha value is -8.32. The standard InChI is InChI=1S/C44H32N8O4/c45-21-37-17-29-5-1-6-30(13-29)18-38(22-46)42(54)50-26-34-10-4-12-36(16-34)28-52-44(56)40(24-48)20-32-8-2-7-31(14-32)19-39(23-47)43(55)51-27-35-11-3-9-33(15-35)25-49-41(37)53/h1-20H,25-28H2,(H,49,53)(H,50,54)(H,51,55)(H,52,56)/b37-17-,38-18+,39-19+,40-20+. The first-order chi connectivity index (χ1) is 27.2. The zero-order valence-corrected chi connectivity index (χ0v) is 29.8.